The molecule has 8 aromatic heterocycles. The Labute approximate surface area is 806 Å². The molecule has 0 unspecified atom stereocenters. The molecule has 5 saturated heterocycles. The standard InChI is InChI=1S/C21H28BrN5O3.C16H20BrN5O.C15H22N4O4.C15H24N4O2.C10H20N2O2.C6H5Br2NO.C5H5BrN2O2/c1-14-12-26(20(29)30-21(2,3)4)8-9-27(14)16-6-7-18(23-11-16)24-17-10-15(22)13-25(5)19(17)28;1-11-8-18-5-6-22(11)13-3-4-15(19-9-13)20-14-7-12(17)10-21(2)16(14)23;1-11-10-17(14(20)23-15(2,3)4)7-8-18(11)12-5-6-13(16-9-12)19(21)22;1-11-10-18(14(20)21-15(2,3)4)7-8-19(11)12-5-6-13(16)17-9-12;1-8-7-12(6-5-11-8)9(13)14-10(2,3)4;1-9-3-4(7)2-5(8)6(9)10;6-4-1-2-5(7-3-4)8-10-9/h6-7,10-11,13-14H,8-9,12H2,1-5H3,(H,23,24);3-4,7,9-11,18H,5-6,8H2,1-2H3,(H,19,20);5-6,9,11H,7-8,10H2,1-4H3;5-6,9,11H,7-8,10H2,1-4H3,(H2,16,17);8,11H,5-7H2,1-4H3;2-3H,1H3;1-3,9H,(H,7,8)/t14-;3*11-;8-;;/m00000../s1. The Bertz CT molecular complexity index is 5210. The molecule has 4 amide bonds. The number of carbonyl (C=O) groups is 4. The number of nitro groups is 1. The predicted molar refractivity (Wildman–Crippen MR) is 528 cm³/mol. The molecule has 0 aliphatic carbocycles. The van der Waals surface area contributed by atoms with Crippen LogP contribution in [-0.2, 0) is 45.1 Å². The van der Waals surface area contributed by atoms with Gasteiger partial charge < -0.3 is 109 Å². The largest absolute Gasteiger partial charge is 0.444 e. The molecule has 0 spiro atoms. The van der Waals surface area contributed by atoms with Crippen molar-refractivity contribution < 1.29 is 53.3 Å². The first kappa shape index (κ1) is 108. The number of ether oxygens (including phenoxy) is 4. The summed E-state index contributed by atoms with van der Waals surface area (Å²) in [5.41, 5.74) is 10.5. The van der Waals surface area contributed by atoms with Gasteiger partial charge in [0.2, 0.25) is 0 Å². The summed E-state index contributed by atoms with van der Waals surface area (Å²) in [4.78, 5) is 134. The van der Waals surface area contributed by atoms with Crippen molar-refractivity contribution in [2.24, 2.45) is 21.1 Å². The van der Waals surface area contributed by atoms with Gasteiger partial charge in [0.15, 0.2) is 12.0 Å². The van der Waals surface area contributed by atoms with E-state index in [0.29, 0.717) is 104 Å². The smallest absolute Gasteiger partial charge is 0.410 e. The number of rotatable bonds is 11. The van der Waals surface area contributed by atoms with Gasteiger partial charge in [0.1, 0.15) is 51.2 Å². The van der Waals surface area contributed by atoms with Gasteiger partial charge in [-0.2, -0.15) is 0 Å². The molecular formula is C88H124Br5N23O15. The topological polar surface area (TPSA) is 420 Å². The van der Waals surface area contributed by atoms with E-state index in [0.717, 1.165) is 86.5 Å². The second-order valence-electron chi connectivity index (χ2n) is 35.5. The number of hydrogen-bond donors (Lipinski definition) is 7. The second kappa shape index (κ2) is 49.5. The number of hydrogen-bond acceptors (Lipinski definition) is 30. The summed E-state index contributed by atoms with van der Waals surface area (Å²) in [6, 6.07) is 24.4. The zero-order chi connectivity index (χ0) is 97.2. The molecule has 5 atom stereocenters. The van der Waals surface area contributed by atoms with Crippen molar-refractivity contribution in [1.29, 1.82) is 0 Å². The fraction of sp³-hybridized carbons (Fsp3) is 0.500. The van der Waals surface area contributed by atoms with Crippen LogP contribution in [0, 0.1) is 10.1 Å². The van der Waals surface area contributed by atoms with Gasteiger partial charge in [-0.25, -0.2) is 49.9 Å². The average molecular weight is 2140 g/mol. The zero-order valence-electron chi connectivity index (χ0n) is 77.9. The summed E-state index contributed by atoms with van der Waals surface area (Å²) in [5.74, 6) is 2.04. The van der Waals surface area contributed by atoms with Crippen molar-refractivity contribution in [1.82, 2.24) is 68.9 Å². The van der Waals surface area contributed by atoms with Crippen LogP contribution in [0.4, 0.5) is 82.4 Å². The molecule has 0 aromatic carbocycles. The molecule has 8 N–H and O–H groups in total. The number of aromatic nitrogens is 8. The quantitative estimate of drug-likeness (QED) is 0.0274. The Balaban J connectivity index is 0.000000215. The molecule has 0 bridgehead atoms. The van der Waals surface area contributed by atoms with Gasteiger partial charge in [-0.15, -0.1) is 4.99 Å². The van der Waals surface area contributed by atoms with Crippen LogP contribution in [0.2, 0.25) is 0 Å². The van der Waals surface area contributed by atoms with Gasteiger partial charge in [0, 0.05) is 198 Å². The molecule has 8 aromatic rings. The molecule has 13 rings (SSSR count). The molecule has 38 nitrogen and oxygen atoms in total. The second-order valence-corrected chi connectivity index (χ2v) is 40.0. The van der Waals surface area contributed by atoms with Crippen LogP contribution in [0.5, 0.6) is 0 Å². The molecule has 5 aliphatic rings. The van der Waals surface area contributed by atoms with Crippen molar-refractivity contribution in [3.8, 4) is 0 Å². The molecule has 5 fully saturated rings. The minimum absolute atomic E-state index is 0.0248. The number of aryl methyl sites for hydroxylation is 3. The third kappa shape index (κ3) is 36.0. The maximum absolute atomic E-state index is 12.3. The molecular weight excluding hydrogens is 2020 g/mol. The monoisotopic (exact) mass is 2140 g/mol. The fourth-order valence-electron chi connectivity index (χ4n) is 13.5. The molecule has 716 valence electrons. The number of halogens is 5. The normalized spacial score (nSPS) is 17.5. The van der Waals surface area contributed by atoms with Gasteiger partial charge in [-0.05, 0) is 280 Å². The molecule has 43 heteroatoms. The number of nitrogens with one attached hydrogen (secondary N) is 5. The van der Waals surface area contributed by atoms with Crippen molar-refractivity contribution in [2.45, 2.75) is 170 Å². The summed E-state index contributed by atoms with van der Waals surface area (Å²) in [5, 5.41) is 31.4. The molecule has 0 radical (unpaired) electrons. The van der Waals surface area contributed by atoms with Crippen LogP contribution in [0.3, 0.4) is 0 Å². The molecule has 5 aliphatic heterocycles. The number of pyridine rings is 8. The van der Waals surface area contributed by atoms with E-state index in [1.54, 1.807) is 120 Å². The van der Waals surface area contributed by atoms with Crippen molar-refractivity contribution in [2.75, 3.05) is 140 Å². The SMILES string of the molecule is C[C@H]1CN(C(=O)OC(C)(C)C)CCN1.C[C@H]1CN(C(=O)OC(C)(C)C)CCN1c1ccc(N)nc1.C[C@H]1CN(C(=O)OC(C)(C)C)CCN1c1ccc(Nc2cc(Br)cn(C)c2=O)nc1.C[C@H]1CN(C(=O)OC(C)(C)C)CCN1c1ccc([N+](=O)[O-])nc1.C[C@H]1CNCCN1c1ccc(Nc2cc(Br)cn(C)c2=O)nc1.Cn1cc(Br)cc(Br)c1=O.OONc1ccc(Br)cn1. The van der Waals surface area contributed by atoms with Gasteiger partial charge in [-0.1, -0.05) is 0 Å². The minimum Gasteiger partial charge on any atom is -0.444 e. The Morgan fingerprint density at radius 2 is 0.817 bits per heavy atom. The van der Waals surface area contributed by atoms with Gasteiger partial charge >= 0.3 is 30.2 Å². The van der Waals surface area contributed by atoms with E-state index in [1.807, 2.05) is 127 Å². The summed E-state index contributed by atoms with van der Waals surface area (Å²) in [6.45, 7) is 43.7. The van der Waals surface area contributed by atoms with E-state index >= 15 is 0 Å². The van der Waals surface area contributed by atoms with Crippen LogP contribution in [0.1, 0.15) is 118 Å². The van der Waals surface area contributed by atoms with Crippen LogP contribution in [-0.4, -0.2) is 244 Å². The summed E-state index contributed by atoms with van der Waals surface area (Å²) < 4.78 is 30.1. The Morgan fingerprint density at radius 3 is 1.15 bits per heavy atom. The number of nitrogen functional groups attached to an aromatic ring is 1. The molecule has 13 heterocycles. The summed E-state index contributed by atoms with van der Waals surface area (Å²) >= 11 is 16.4. The number of nitrogens with two attached hydrogens (primary N) is 1. The molecule has 0 saturated carbocycles. The highest BCUT2D eigenvalue weighted by atomic mass is 79.9. The first-order valence-electron chi connectivity index (χ1n) is 42.5. The number of piperazine rings is 5. The highest BCUT2D eigenvalue weighted by Gasteiger charge is 2.35. The van der Waals surface area contributed by atoms with E-state index in [4.69, 9.17) is 29.9 Å². The van der Waals surface area contributed by atoms with Crippen LogP contribution >= 0.6 is 79.6 Å². The average Bonchev–Trinajstić information content (AvgIpc) is 0.818. The first-order chi connectivity index (χ1) is 61.3. The van der Waals surface area contributed by atoms with Crippen LogP contribution in [0.25, 0.3) is 0 Å². The molecule has 131 heavy (non-hydrogen) atoms. The highest BCUT2D eigenvalue weighted by molar-refractivity contribution is 9.11. The maximum atomic E-state index is 12.3. The number of carbonyl (C=O) groups excluding carboxylic acids is 4. The summed E-state index contributed by atoms with van der Waals surface area (Å²) in [7, 11) is 5.13. The number of anilines is 10. The Kier molecular flexibility index (Phi) is 40.7. The third-order valence-electron chi connectivity index (χ3n) is 19.7. The minimum atomic E-state index is -0.520. The number of amides is 4. The van der Waals surface area contributed by atoms with Crippen molar-refractivity contribution in [3.63, 3.8) is 0 Å². The van der Waals surface area contributed by atoms with Gasteiger partial charge in [-0.3, -0.25) is 14.4 Å². The van der Waals surface area contributed by atoms with Crippen LogP contribution in [0.15, 0.2) is 165 Å². The fourth-order valence-corrected chi connectivity index (χ4v) is 16.2. The van der Waals surface area contributed by atoms with E-state index in [2.05, 4.69) is 184 Å². The van der Waals surface area contributed by atoms with Crippen molar-refractivity contribution in [3.05, 3.63) is 192 Å². The lowest BCUT2D eigenvalue weighted by atomic mass is 10.1. The lowest BCUT2D eigenvalue weighted by molar-refractivity contribution is -0.389. The van der Waals surface area contributed by atoms with Crippen LogP contribution < -0.4 is 68.8 Å². The van der Waals surface area contributed by atoms with E-state index in [9.17, 15) is 43.7 Å². The Morgan fingerprint density at radius 1 is 0.450 bits per heavy atom. The van der Waals surface area contributed by atoms with E-state index in [1.165, 1.54) is 26.0 Å². The van der Waals surface area contributed by atoms with E-state index < -0.39 is 27.3 Å². The predicted octanol–water partition coefficient (Wildman–Crippen LogP) is 15.1. The zero-order valence-corrected chi connectivity index (χ0v) is 85.8. The lowest BCUT2D eigenvalue weighted by Gasteiger charge is -2.41. The third-order valence-corrected chi connectivity index (χ3v) is 22.0. The number of nitrogens with zero attached hydrogens (tertiary/aromatic N) is 17. The maximum Gasteiger partial charge on any atom is 0.410 e. The van der Waals surface area contributed by atoms with Gasteiger partial charge in [0.25, 0.3) is 16.7 Å². The Hall–Kier alpha value is -10.3. The lowest BCUT2D eigenvalue weighted by Crippen LogP contribution is -2.54. The first-order valence-corrected chi connectivity index (χ1v) is 46.4. The van der Waals surface area contributed by atoms with Gasteiger partial charge in [0.05, 0.1) is 45.8 Å². The highest BCUT2D eigenvalue weighted by Crippen LogP contribution is 2.29. The van der Waals surface area contributed by atoms with Crippen molar-refractivity contribution >= 4 is 167 Å². The summed E-state index contributed by atoms with van der Waals surface area (Å²) in [6.07, 6.45) is 12.6. The van der Waals surface area contributed by atoms with E-state index in [-0.39, 0.29) is 65.0 Å².